The summed E-state index contributed by atoms with van der Waals surface area (Å²) in [6, 6.07) is 75.6. The lowest BCUT2D eigenvalue weighted by atomic mass is 9.72. The lowest BCUT2D eigenvalue weighted by molar-refractivity contribution is 0.507. The number of furan rings is 1. The zero-order valence-electron chi connectivity index (χ0n) is 30.5. The zero-order valence-corrected chi connectivity index (χ0v) is 30.5. The Morgan fingerprint density at radius 1 is 0.304 bits per heavy atom. The molecule has 0 N–H and O–H groups in total. The minimum absolute atomic E-state index is 0.552. The Morgan fingerprint density at radius 2 is 0.839 bits per heavy atom. The Labute approximate surface area is 325 Å². The first-order valence-corrected chi connectivity index (χ1v) is 19.4. The van der Waals surface area contributed by atoms with Crippen LogP contribution in [0.2, 0.25) is 0 Å². The van der Waals surface area contributed by atoms with E-state index in [1.165, 1.54) is 94.2 Å². The van der Waals surface area contributed by atoms with Crippen molar-refractivity contribution >= 4 is 21.7 Å². The molecule has 1 heterocycles. The Kier molecular flexibility index (Phi) is 6.62. The molecule has 0 saturated heterocycles. The molecule has 56 heavy (non-hydrogen) atoms. The molecule has 0 aliphatic heterocycles. The van der Waals surface area contributed by atoms with E-state index in [9.17, 15) is 0 Å². The van der Waals surface area contributed by atoms with Gasteiger partial charge in [0.1, 0.15) is 16.8 Å². The van der Waals surface area contributed by atoms with Gasteiger partial charge in [-0.2, -0.15) is 0 Å². The SMILES string of the molecule is c1ccc(-c2cc(-c3cccc(-c4ccc5c(c4)C4(c6ccccc6-c6ccccc64)c4oc6ccccc6c4-5)c3)cc(-c3ccc4ccccc4c3)c2)cc1. The predicted octanol–water partition coefficient (Wildman–Crippen LogP) is 14.6. The van der Waals surface area contributed by atoms with Crippen LogP contribution < -0.4 is 0 Å². The maximum absolute atomic E-state index is 6.99. The monoisotopic (exact) mass is 710 g/mol. The van der Waals surface area contributed by atoms with E-state index in [-0.39, 0.29) is 0 Å². The van der Waals surface area contributed by atoms with Crippen molar-refractivity contribution < 1.29 is 4.42 Å². The smallest absolute Gasteiger partial charge is 0.135 e. The van der Waals surface area contributed by atoms with Crippen molar-refractivity contribution in [2.45, 2.75) is 5.41 Å². The van der Waals surface area contributed by atoms with Crippen LogP contribution in [0.3, 0.4) is 0 Å². The highest BCUT2D eigenvalue weighted by Gasteiger charge is 2.55. The average molecular weight is 711 g/mol. The van der Waals surface area contributed by atoms with Crippen LogP contribution in [0, 0.1) is 0 Å². The van der Waals surface area contributed by atoms with Crippen LogP contribution in [0.5, 0.6) is 0 Å². The molecule has 260 valence electrons. The summed E-state index contributed by atoms with van der Waals surface area (Å²) in [6.45, 7) is 0. The van der Waals surface area contributed by atoms with Crippen molar-refractivity contribution in [3.63, 3.8) is 0 Å². The van der Waals surface area contributed by atoms with Gasteiger partial charge in [-0.3, -0.25) is 0 Å². The molecule has 0 radical (unpaired) electrons. The number of para-hydroxylation sites is 1. The van der Waals surface area contributed by atoms with Gasteiger partial charge in [0.25, 0.3) is 0 Å². The van der Waals surface area contributed by atoms with E-state index in [4.69, 9.17) is 4.42 Å². The highest BCUT2D eigenvalue weighted by molar-refractivity contribution is 6.05. The van der Waals surface area contributed by atoms with Gasteiger partial charge in [0.2, 0.25) is 0 Å². The van der Waals surface area contributed by atoms with Crippen LogP contribution >= 0.6 is 0 Å². The number of benzene rings is 9. The summed E-state index contributed by atoms with van der Waals surface area (Å²) in [5.41, 5.74) is 18.8. The van der Waals surface area contributed by atoms with Crippen LogP contribution in [-0.2, 0) is 5.41 Å². The molecule has 12 rings (SSSR count). The van der Waals surface area contributed by atoms with Gasteiger partial charge in [0.05, 0.1) is 0 Å². The largest absolute Gasteiger partial charge is 0.459 e. The third-order valence-corrected chi connectivity index (χ3v) is 12.2. The Bertz CT molecular complexity index is 3150. The molecule has 1 heteroatoms. The van der Waals surface area contributed by atoms with E-state index in [0.717, 1.165) is 16.7 Å². The van der Waals surface area contributed by atoms with Crippen LogP contribution in [0.4, 0.5) is 0 Å². The summed E-state index contributed by atoms with van der Waals surface area (Å²) in [7, 11) is 0. The molecule has 0 atom stereocenters. The van der Waals surface area contributed by atoms with E-state index < -0.39 is 5.41 Å². The van der Waals surface area contributed by atoms with Gasteiger partial charge in [0, 0.05) is 10.9 Å². The van der Waals surface area contributed by atoms with E-state index in [2.05, 4.69) is 206 Å². The van der Waals surface area contributed by atoms with Gasteiger partial charge in [-0.25, -0.2) is 0 Å². The lowest BCUT2D eigenvalue weighted by Crippen LogP contribution is -2.25. The number of hydrogen-bond acceptors (Lipinski definition) is 1. The maximum atomic E-state index is 6.99. The molecule has 0 bridgehead atoms. The first-order chi connectivity index (χ1) is 27.7. The number of fused-ring (bicyclic) bond motifs is 13. The first-order valence-electron chi connectivity index (χ1n) is 19.4. The van der Waals surface area contributed by atoms with Crippen LogP contribution in [0.15, 0.2) is 211 Å². The van der Waals surface area contributed by atoms with Gasteiger partial charge < -0.3 is 4.42 Å². The average Bonchev–Trinajstić information content (AvgIpc) is 3.90. The van der Waals surface area contributed by atoms with Gasteiger partial charge in [0.15, 0.2) is 0 Å². The standard InChI is InChI=1S/C55H34O/c1-2-13-35(14-3-1)42-31-43(33-44(32-42)40-26-25-36-15-4-5-16-37(36)29-40)39-18-12-17-38(30-39)41-27-28-47-51(34-41)55(54-53(47)48-21-8-11-24-52(48)56-54)49-22-9-6-19-45(49)46-20-7-10-23-50(46)55/h1-34H. The summed E-state index contributed by atoms with van der Waals surface area (Å²) in [6.07, 6.45) is 0. The van der Waals surface area contributed by atoms with E-state index in [1.807, 2.05) is 0 Å². The Balaban J connectivity index is 1.05. The molecule has 1 nitrogen and oxygen atoms in total. The zero-order chi connectivity index (χ0) is 36.8. The molecule has 2 aliphatic rings. The van der Waals surface area contributed by atoms with Gasteiger partial charge >= 0.3 is 0 Å². The second-order valence-electron chi connectivity index (χ2n) is 15.2. The minimum atomic E-state index is -0.552. The Hall–Kier alpha value is -7.22. The van der Waals surface area contributed by atoms with Crippen molar-refractivity contribution in [2.24, 2.45) is 0 Å². The van der Waals surface area contributed by atoms with Crippen LogP contribution in [-0.4, -0.2) is 0 Å². The molecule has 2 aliphatic carbocycles. The fraction of sp³-hybridized carbons (Fsp3) is 0.0182. The van der Waals surface area contributed by atoms with E-state index in [1.54, 1.807) is 0 Å². The fourth-order valence-corrected chi connectivity index (χ4v) is 9.73. The molecule has 1 aromatic heterocycles. The quantitative estimate of drug-likeness (QED) is 0.177. The van der Waals surface area contributed by atoms with Gasteiger partial charge in [-0.05, 0) is 131 Å². The molecule has 1 spiro atoms. The third kappa shape index (κ3) is 4.43. The summed E-state index contributed by atoms with van der Waals surface area (Å²) < 4.78 is 6.99. The van der Waals surface area contributed by atoms with Crippen LogP contribution in [0.1, 0.15) is 22.5 Å². The normalized spacial score (nSPS) is 13.1. The van der Waals surface area contributed by atoms with Crippen molar-refractivity contribution in [3.05, 3.63) is 229 Å². The van der Waals surface area contributed by atoms with Gasteiger partial charge in [-0.15, -0.1) is 0 Å². The molecule has 0 saturated carbocycles. The van der Waals surface area contributed by atoms with E-state index in [0.29, 0.717) is 0 Å². The number of rotatable bonds is 4. The Morgan fingerprint density at radius 3 is 1.61 bits per heavy atom. The number of hydrogen-bond donors (Lipinski definition) is 0. The second-order valence-corrected chi connectivity index (χ2v) is 15.2. The van der Waals surface area contributed by atoms with E-state index >= 15 is 0 Å². The fourth-order valence-electron chi connectivity index (χ4n) is 9.73. The molecule has 9 aromatic carbocycles. The lowest BCUT2D eigenvalue weighted by Gasteiger charge is -2.28. The van der Waals surface area contributed by atoms with Gasteiger partial charge in [-0.1, -0.05) is 164 Å². The molecular weight excluding hydrogens is 677 g/mol. The summed E-state index contributed by atoms with van der Waals surface area (Å²) in [5, 5.41) is 3.66. The van der Waals surface area contributed by atoms with Crippen molar-refractivity contribution in [2.75, 3.05) is 0 Å². The molecule has 0 amide bonds. The van der Waals surface area contributed by atoms with Crippen LogP contribution in [0.25, 0.3) is 88.5 Å². The highest BCUT2D eigenvalue weighted by Crippen LogP contribution is 2.64. The first kappa shape index (κ1) is 31.2. The predicted molar refractivity (Wildman–Crippen MR) is 232 cm³/mol. The second kappa shape index (κ2) is 11.9. The molecular formula is C55H34O. The minimum Gasteiger partial charge on any atom is -0.459 e. The molecule has 10 aromatic rings. The maximum Gasteiger partial charge on any atom is 0.135 e. The third-order valence-electron chi connectivity index (χ3n) is 12.2. The van der Waals surface area contributed by atoms with Crippen molar-refractivity contribution in [1.29, 1.82) is 0 Å². The highest BCUT2D eigenvalue weighted by atomic mass is 16.3. The topological polar surface area (TPSA) is 13.1 Å². The van der Waals surface area contributed by atoms with Crippen molar-refractivity contribution in [3.8, 4) is 66.8 Å². The summed E-state index contributed by atoms with van der Waals surface area (Å²) >= 11 is 0. The summed E-state index contributed by atoms with van der Waals surface area (Å²) in [5.74, 6) is 1.02. The van der Waals surface area contributed by atoms with Crippen molar-refractivity contribution in [1.82, 2.24) is 0 Å². The molecule has 0 unspecified atom stereocenters. The summed E-state index contributed by atoms with van der Waals surface area (Å²) in [4.78, 5) is 0. The molecule has 0 fully saturated rings.